The summed E-state index contributed by atoms with van der Waals surface area (Å²) in [7, 11) is 0. The molecule has 25 heavy (non-hydrogen) atoms. The van der Waals surface area contributed by atoms with Gasteiger partial charge in [0.1, 0.15) is 0 Å². The average molecular weight is 333 g/mol. The van der Waals surface area contributed by atoms with Gasteiger partial charge in [0.05, 0.1) is 0 Å². The molecule has 0 atom stereocenters. The van der Waals surface area contributed by atoms with E-state index in [4.69, 9.17) is 0 Å². The second-order valence-electron chi connectivity index (χ2n) is 6.55. The molecule has 0 bridgehead atoms. The number of rotatable bonds is 4. The quantitative estimate of drug-likeness (QED) is 0.736. The Morgan fingerprint density at radius 3 is 2.32 bits per heavy atom. The number of hydrogen-bond acceptors (Lipinski definition) is 4. The number of benzene rings is 1. The van der Waals surface area contributed by atoms with Crippen molar-refractivity contribution in [1.82, 2.24) is 19.4 Å². The Labute approximate surface area is 148 Å². The first kappa shape index (κ1) is 15.8. The van der Waals surface area contributed by atoms with Crippen molar-refractivity contribution in [1.29, 1.82) is 0 Å². The van der Waals surface area contributed by atoms with Crippen LogP contribution in [0.15, 0.2) is 61.2 Å². The molecule has 1 saturated heterocycles. The molecule has 0 radical (unpaired) electrons. The largest absolute Gasteiger partial charge is 0.339 e. The molecule has 0 saturated carbocycles. The van der Waals surface area contributed by atoms with Gasteiger partial charge in [-0.05, 0) is 36.8 Å². The molecule has 5 nitrogen and oxygen atoms in total. The Morgan fingerprint density at radius 2 is 1.60 bits per heavy atom. The first-order valence-electron chi connectivity index (χ1n) is 8.76. The molecule has 0 unspecified atom stereocenters. The first-order chi connectivity index (χ1) is 12.3. The molecule has 1 aliphatic rings. The van der Waals surface area contributed by atoms with Gasteiger partial charge >= 0.3 is 0 Å². The van der Waals surface area contributed by atoms with Crippen molar-refractivity contribution in [2.45, 2.75) is 13.5 Å². The molecule has 1 fully saturated rings. The minimum absolute atomic E-state index is 0.989. The second-order valence-corrected chi connectivity index (χ2v) is 6.55. The molecule has 0 aliphatic carbocycles. The highest BCUT2D eigenvalue weighted by Crippen LogP contribution is 2.20. The summed E-state index contributed by atoms with van der Waals surface area (Å²) in [6.45, 7) is 7.18. The van der Waals surface area contributed by atoms with Crippen LogP contribution < -0.4 is 4.90 Å². The smallest absolute Gasteiger partial charge is 0.210 e. The molecular weight excluding hydrogens is 310 g/mol. The van der Waals surface area contributed by atoms with Crippen LogP contribution >= 0.6 is 0 Å². The van der Waals surface area contributed by atoms with E-state index in [-0.39, 0.29) is 0 Å². The molecule has 0 spiro atoms. The van der Waals surface area contributed by atoms with Gasteiger partial charge in [0.15, 0.2) is 0 Å². The van der Waals surface area contributed by atoms with Gasteiger partial charge in [-0.1, -0.05) is 17.7 Å². The molecule has 3 aromatic rings. The third-order valence-electron chi connectivity index (χ3n) is 4.74. The van der Waals surface area contributed by atoms with Crippen molar-refractivity contribution in [3.8, 4) is 5.69 Å². The van der Waals surface area contributed by atoms with E-state index in [9.17, 15) is 0 Å². The minimum atomic E-state index is 0.989. The standard InChI is InChI=1S/C20H23N5/c1-17-2-4-19(5-3-17)25-11-10-22-20(25)24-14-12-23(13-15-24)16-18-6-8-21-9-7-18/h2-11H,12-16H2,1H3. The molecule has 5 heteroatoms. The van der Waals surface area contributed by atoms with Crippen LogP contribution in [0.1, 0.15) is 11.1 Å². The lowest BCUT2D eigenvalue weighted by molar-refractivity contribution is 0.248. The number of aromatic nitrogens is 3. The monoisotopic (exact) mass is 333 g/mol. The maximum absolute atomic E-state index is 4.61. The van der Waals surface area contributed by atoms with E-state index >= 15 is 0 Å². The van der Waals surface area contributed by atoms with E-state index in [1.54, 1.807) is 0 Å². The lowest BCUT2D eigenvalue weighted by Gasteiger charge is -2.35. The fourth-order valence-electron chi connectivity index (χ4n) is 3.29. The first-order valence-corrected chi connectivity index (χ1v) is 8.76. The molecule has 0 N–H and O–H groups in total. The predicted octanol–water partition coefficient (Wildman–Crippen LogP) is 2.90. The summed E-state index contributed by atoms with van der Waals surface area (Å²) in [5, 5.41) is 0. The van der Waals surface area contributed by atoms with Crippen molar-refractivity contribution >= 4 is 5.95 Å². The lowest BCUT2D eigenvalue weighted by atomic mass is 10.2. The Kier molecular flexibility index (Phi) is 4.48. The molecule has 2 aromatic heterocycles. The molecular formula is C20H23N5. The summed E-state index contributed by atoms with van der Waals surface area (Å²) in [5.74, 6) is 1.03. The summed E-state index contributed by atoms with van der Waals surface area (Å²) in [5.41, 5.74) is 3.76. The van der Waals surface area contributed by atoms with Crippen LogP contribution in [-0.4, -0.2) is 45.6 Å². The zero-order valence-electron chi connectivity index (χ0n) is 14.5. The normalized spacial score (nSPS) is 15.5. The summed E-state index contributed by atoms with van der Waals surface area (Å²) in [4.78, 5) is 13.6. The Morgan fingerprint density at radius 1 is 0.880 bits per heavy atom. The Hall–Kier alpha value is -2.66. The molecule has 3 heterocycles. The van der Waals surface area contributed by atoms with Crippen LogP contribution in [0, 0.1) is 6.92 Å². The fraction of sp³-hybridized carbons (Fsp3) is 0.300. The van der Waals surface area contributed by atoms with Crippen LogP contribution in [0.4, 0.5) is 5.95 Å². The molecule has 1 aliphatic heterocycles. The predicted molar refractivity (Wildman–Crippen MR) is 100 cm³/mol. The van der Waals surface area contributed by atoms with E-state index < -0.39 is 0 Å². The SMILES string of the molecule is Cc1ccc(-n2ccnc2N2CCN(Cc3ccncc3)CC2)cc1. The zero-order valence-corrected chi connectivity index (χ0v) is 14.5. The van der Waals surface area contributed by atoms with Crippen LogP contribution in [0.2, 0.25) is 0 Å². The third-order valence-corrected chi connectivity index (χ3v) is 4.74. The second kappa shape index (κ2) is 7.07. The van der Waals surface area contributed by atoms with Gasteiger partial charge in [0.25, 0.3) is 0 Å². The van der Waals surface area contributed by atoms with E-state index in [2.05, 4.69) is 67.7 Å². The number of hydrogen-bond donors (Lipinski definition) is 0. The number of nitrogens with zero attached hydrogens (tertiary/aromatic N) is 5. The number of aryl methyl sites for hydroxylation is 1. The molecule has 0 amide bonds. The van der Waals surface area contributed by atoms with Gasteiger partial charge in [0, 0.05) is 63.2 Å². The van der Waals surface area contributed by atoms with Gasteiger partial charge in [-0.2, -0.15) is 0 Å². The highest BCUT2D eigenvalue weighted by molar-refractivity contribution is 5.44. The van der Waals surface area contributed by atoms with E-state index in [0.717, 1.165) is 44.4 Å². The van der Waals surface area contributed by atoms with Crippen LogP contribution in [0.3, 0.4) is 0 Å². The van der Waals surface area contributed by atoms with Gasteiger partial charge in [-0.15, -0.1) is 0 Å². The molecule has 1 aromatic carbocycles. The van der Waals surface area contributed by atoms with E-state index in [1.165, 1.54) is 11.1 Å². The maximum Gasteiger partial charge on any atom is 0.210 e. The number of imidazole rings is 1. The Balaban J connectivity index is 1.43. The number of pyridine rings is 1. The van der Waals surface area contributed by atoms with Crippen LogP contribution in [0.5, 0.6) is 0 Å². The van der Waals surface area contributed by atoms with E-state index in [1.807, 2.05) is 24.8 Å². The van der Waals surface area contributed by atoms with Crippen molar-refractivity contribution < 1.29 is 0 Å². The van der Waals surface area contributed by atoms with Crippen LogP contribution in [0.25, 0.3) is 5.69 Å². The van der Waals surface area contributed by atoms with E-state index in [0.29, 0.717) is 0 Å². The number of anilines is 1. The average Bonchev–Trinajstić information content (AvgIpc) is 3.14. The summed E-state index contributed by atoms with van der Waals surface area (Å²) >= 11 is 0. The maximum atomic E-state index is 4.61. The van der Waals surface area contributed by atoms with Gasteiger partial charge < -0.3 is 4.90 Å². The zero-order chi connectivity index (χ0) is 17.1. The van der Waals surface area contributed by atoms with Crippen molar-refractivity contribution in [3.63, 3.8) is 0 Å². The molecule has 128 valence electrons. The summed E-state index contributed by atoms with van der Waals surface area (Å²) in [6, 6.07) is 12.8. The van der Waals surface area contributed by atoms with Crippen molar-refractivity contribution in [2.24, 2.45) is 0 Å². The topological polar surface area (TPSA) is 37.2 Å². The van der Waals surface area contributed by atoms with Crippen LogP contribution in [-0.2, 0) is 6.54 Å². The Bertz CT molecular complexity index is 802. The van der Waals surface area contributed by atoms with Gasteiger partial charge in [-0.3, -0.25) is 14.5 Å². The minimum Gasteiger partial charge on any atom is -0.339 e. The fourth-order valence-corrected chi connectivity index (χ4v) is 3.29. The molecule has 4 rings (SSSR count). The van der Waals surface area contributed by atoms with Gasteiger partial charge in [0.2, 0.25) is 5.95 Å². The highest BCUT2D eigenvalue weighted by atomic mass is 15.3. The number of piperazine rings is 1. The highest BCUT2D eigenvalue weighted by Gasteiger charge is 2.20. The van der Waals surface area contributed by atoms with Crippen molar-refractivity contribution in [2.75, 3.05) is 31.1 Å². The van der Waals surface area contributed by atoms with Gasteiger partial charge in [-0.25, -0.2) is 4.98 Å². The summed E-state index contributed by atoms with van der Waals surface area (Å²) in [6.07, 6.45) is 7.66. The summed E-state index contributed by atoms with van der Waals surface area (Å²) < 4.78 is 2.18. The lowest BCUT2D eigenvalue weighted by Crippen LogP contribution is -2.46. The van der Waals surface area contributed by atoms with Crippen molar-refractivity contribution in [3.05, 3.63) is 72.3 Å². The third kappa shape index (κ3) is 3.56.